The summed E-state index contributed by atoms with van der Waals surface area (Å²) in [5, 5.41) is 2.90. The molecule has 0 atom stereocenters. The molecule has 5 nitrogen and oxygen atoms in total. The topological polar surface area (TPSA) is 56.8 Å². The van der Waals surface area contributed by atoms with E-state index in [0.717, 1.165) is 16.9 Å². The van der Waals surface area contributed by atoms with E-state index in [1.807, 2.05) is 27.0 Å². The molecule has 1 N–H and O–H groups in total. The van der Waals surface area contributed by atoms with Gasteiger partial charge in [-0.2, -0.15) is 0 Å². The zero-order chi connectivity index (χ0) is 13.5. The third-order valence-electron chi connectivity index (χ3n) is 2.33. The van der Waals surface area contributed by atoms with Crippen LogP contribution in [-0.2, 0) is 9.53 Å². The smallest absolute Gasteiger partial charge is 0.337 e. The molecule has 1 aromatic rings. The minimum absolute atomic E-state index is 0.0590. The Morgan fingerprint density at radius 2 is 1.83 bits per heavy atom. The number of hydrogen-bond acceptors (Lipinski definition) is 5. The van der Waals surface area contributed by atoms with Gasteiger partial charge in [-0.15, -0.1) is 0 Å². The molecule has 5 heteroatoms. The fourth-order valence-corrected chi connectivity index (χ4v) is 1.45. The Hall–Kier alpha value is -1.59. The second kappa shape index (κ2) is 6.98. The Bertz CT molecular complexity index is 418. The predicted molar refractivity (Wildman–Crippen MR) is 68.0 cm³/mol. The van der Waals surface area contributed by atoms with Crippen molar-refractivity contribution in [3.63, 3.8) is 0 Å². The minimum Gasteiger partial charge on any atom is -0.478 e. The van der Waals surface area contributed by atoms with Crippen molar-refractivity contribution in [3.05, 3.63) is 23.3 Å². The van der Waals surface area contributed by atoms with Gasteiger partial charge in [0.2, 0.25) is 0 Å². The first-order valence-electron chi connectivity index (χ1n) is 5.66. The van der Waals surface area contributed by atoms with Crippen molar-refractivity contribution >= 4 is 5.97 Å². The lowest BCUT2D eigenvalue weighted by atomic mass is 10.1. The highest BCUT2D eigenvalue weighted by molar-refractivity contribution is 5.74. The lowest BCUT2D eigenvalue weighted by Crippen LogP contribution is -2.16. The number of hydrogen-bond donors (Lipinski definition) is 1. The van der Waals surface area contributed by atoms with E-state index in [1.54, 1.807) is 6.07 Å². The van der Waals surface area contributed by atoms with E-state index in [4.69, 9.17) is 14.2 Å². The normalized spacial score (nSPS) is 10.2. The van der Waals surface area contributed by atoms with Gasteiger partial charge in [0.15, 0.2) is 0 Å². The summed E-state index contributed by atoms with van der Waals surface area (Å²) in [5.74, 6) is 0.892. The lowest BCUT2D eigenvalue weighted by Gasteiger charge is -2.13. The molecule has 0 aliphatic rings. The third-order valence-corrected chi connectivity index (χ3v) is 2.33. The lowest BCUT2D eigenvalue weighted by molar-refractivity contribution is -0.138. The van der Waals surface area contributed by atoms with Crippen LogP contribution < -0.4 is 14.8 Å². The molecular weight excluding hydrogens is 234 g/mol. The maximum Gasteiger partial charge on any atom is 0.337 e. The number of carbonyl (C=O) groups is 1. The fraction of sp³-hybridized carbons (Fsp3) is 0.462. The molecule has 0 unspecified atom stereocenters. The van der Waals surface area contributed by atoms with Crippen LogP contribution >= 0.6 is 0 Å². The molecule has 1 aromatic carbocycles. The molecule has 0 fully saturated rings. The number of nitrogens with one attached hydrogen (secondary N) is 1. The van der Waals surface area contributed by atoms with E-state index in [-0.39, 0.29) is 6.61 Å². The third kappa shape index (κ3) is 4.01. The SMILES string of the molecule is CNCOc1cc(C)c(OC(=O)COC)cc1C. The first-order valence-corrected chi connectivity index (χ1v) is 5.66. The zero-order valence-electron chi connectivity index (χ0n) is 11.2. The molecule has 0 amide bonds. The second-order valence-corrected chi connectivity index (χ2v) is 3.93. The predicted octanol–water partition coefficient (Wildman–Crippen LogP) is 1.41. The van der Waals surface area contributed by atoms with Crippen molar-refractivity contribution in [2.24, 2.45) is 0 Å². The summed E-state index contributed by atoms with van der Waals surface area (Å²) in [6.45, 7) is 4.14. The van der Waals surface area contributed by atoms with E-state index in [0.29, 0.717) is 12.5 Å². The molecule has 0 saturated carbocycles. The summed E-state index contributed by atoms with van der Waals surface area (Å²) in [4.78, 5) is 11.3. The summed E-state index contributed by atoms with van der Waals surface area (Å²) < 4.78 is 15.4. The second-order valence-electron chi connectivity index (χ2n) is 3.93. The van der Waals surface area contributed by atoms with Crippen molar-refractivity contribution in [2.45, 2.75) is 13.8 Å². The molecular formula is C13H19NO4. The summed E-state index contributed by atoms with van der Waals surface area (Å²) in [6.07, 6.45) is 0. The number of ether oxygens (including phenoxy) is 3. The van der Waals surface area contributed by atoms with E-state index in [1.165, 1.54) is 7.11 Å². The van der Waals surface area contributed by atoms with Crippen LogP contribution in [0.1, 0.15) is 11.1 Å². The van der Waals surface area contributed by atoms with Gasteiger partial charge in [-0.25, -0.2) is 4.79 Å². The average molecular weight is 253 g/mol. The van der Waals surface area contributed by atoms with Gasteiger partial charge in [0.25, 0.3) is 0 Å². The first-order chi connectivity index (χ1) is 8.58. The van der Waals surface area contributed by atoms with Gasteiger partial charge < -0.3 is 14.2 Å². The molecule has 0 spiro atoms. The fourth-order valence-electron chi connectivity index (χ4n) is 1.45. The zero-order valence-corrected chi connectivity index (χ0v) is 11.2. The van der Waals surface area contributed by atoms with E-state index < -0.39 is 5.97 Å². The van der Waals surface area contributed by atoms with Crippen LogP contribution in [0.2, 0.25) is 0 Å². The van der Waals surface area contributed by atoms with Crippen LogP contribution in [0.5, 0.6) is 11.5 Å². The number of methoxy groups -OCH3 is 1. The van der Waals surface area contributed by atoms with Crippen molar-refractivity contribution in [1.29, 1.82) is 0 Å². The van der Waals surface area contributed by atoms with Crippen molar-refractivity contribution in [2.75, 3.05) is 27.5 Å². The van der Waals surface area contributed by atoms with Crippen LogP contribution in [-0.4, -0.2) is 33.5 Å². The molecule has 0 radical (unpaired) electrons. The quantitative estimate of drug-likeness (QED) is 0.472. The van der Waals surface area contributed by atoms with Gasteiger partial charge >= 0.3 is 5.97 Å². The number of benzene rings is 1. The largest absolute Gasteiger partial charge is 0.478 e. The van der Waals surface area contributed by atoms with Crippen molar-refractivity contribution in [1.82, 2.24) is 5.32 Å². The number of aryl methyl sites for hydroxylation is 2. The van der Waals surface area contributed by atoms with Gasteiger partial charge in [-0.3, -0.25) is 5.32 Å². The highest BCUT2D eigenvalue weighted by atomic mass is 16.6. The molecule has 1 rings (SSSR count). The molecule has 0 aliphatic heterocycles. The van der Waals surface area contributed by atoms with Gasteiger partial charge in [0.05, 0.1) is 0 Å². The molecule has 0 heterocycles. The van der Waals surface area contributed by atoms with Gasteiger partial charge in [0.1, 0.15) is 24.8 Å². The number of carbonyl (C=O) groups excluding carboxylic acids is 1. The Kier molecular flexibility index (Phi) is 5.61. The van der Waals surface area contributed by atoms with E-state index >= 15 is 0 Å². The standard InChI is InChI=1S/C13H19NO4/c1-9-6-12(18-13(15)7-16-4)10(2)5-11(9)17-8-14-3/h5-6,14H,7-8H2,1-4H3. The van der Waals surface area contributed by atoms with E-state index in [2.05, 4.69) is 5.32 Å². The maximum atomic E-state index is 11.3. The molecule has 0 bridgehead atoms. The summed E-state index contributed by atoms with van der Waals surface area (Å²) >= 11 is 0. The van der Waals surface area contributed by atoms with Crippen molar-refractivity contribution < 1.29 is 19.0 Å². The Morgan fingerprint density at radius 3 is 2.44 bits per heavy atom. The Morgan fingerprint density at radius 1 is 1.22 bits per heavy atom. The molecule has 100 valence electrons. The van der Waals surface area contributed by atoms with Crippen LogP contribution in [0.4, 0.5) is 0 Å². The molecule has 0 aliphatic carbocycles. The summed E-state index contributed by atoms with van der Waals surface area (Å²) in [6, 6.07) is 3.63. The molecule has 0 saturated heterocycles. The van der Waals surface area contributed by atoms with Crippen LogP contribution in [0, 0.1) is 13.8 Å². The number of esters is 1. The molecule has 18 heavy (non-hydrogen) atoms. The van der Waals surface area contributed by atoms with Crippen LogP contribution in [0.3, 0.4) is 0 Å². The maximum absolute atomic E-state index is 11.3. The first kappa shape index (κ1) is 14.5. The van der Waals surface area contributed by atoms with Crippen LogP contribution in [0.15, 0.2) is 12.1 Å². The Balaban J connectivity index is 2.82. The van der Waals surface area contributed by atoms with Crippen LogP contribution in [0.25, 0.3) is 0 Å². The van der Waals surface area contributed by atoms with Gasteiger partial charge in [-0.1, -0.05) is 0 Å². The highest BCUT2D eigenvalue weighted by Gasteiger charge is 2.10. The highest BCUT2D eigenvalue weighted by Crippen LogP contribution is 2.27. The minimum atomic E-state index is -0.413. The van der Waals surface area contributed by atoms with Gasteiger partial charge in [-0.05, 0) is 44.2 Å². The summed E-state index contributed by atoms with van der Waals surface area (Å²) in [5.41, 5.74) is 1.76. The summed E-state index contributed by atoms with van der Waals surface area (Å²) in [7, 11) is 3.26. The number of rotatable bonds is 6. The average Bonchev–Trinajstić information content (AvgIpc) is 2.32. The van der Waals surface area contributed by atoms with Gasteiger partial charge in [0, 0.05) is 7.11 Å². The Labute approximate surface area is 107 Å². The molecule has 0 aromatic heterocycles. The van der Waals surface area contributed by atoms with E-state index in [9.17, 15) is 4.79 Å². The van der Waals surface area contributed by atoms with Crippen molar-refractivity contribution in [3.8, 4) is 11.5 Å². The monoisotopic (exact) mass is 253 g/mol.